The summed E-state index contributed by atoms with van der Waals surface area (Å²) in [7, 11) is -2.38. The third-order valence-electron chi connectivity index (χ3n) is 4.98. The quantitative estimate of drug-likeness (QED) is 0.808. The van der Waals surface area contributed by atoms with Crippen LogP contribution in [0.1, 0.15) is 34.7 Å². The van der Waals surface area contributed by atoms with Crippen molar-refractivity contribution in [1.29, 1.82) is 0 Å². The highest BCUT2D eigenvalue weighted by atomic mass is 32.2. The molecule has 0 aliphatic rings. The lowest BCUT2D eigenvalue weighted by Crippen LogP contribution is -2.19. The van der Waals surface area contributed by atoms with E-state index in [4.69, 9.17) is 4.74 Å². The van der Waals surface area contributed by atoms with Gasteiger partial charge in [0.25, 0.3) is 10.0 Å². The van der Waals surface area contributed by atoms with E-state index in [-0.39, 0.29) is 16.5 Å². The molecular formula is C20H26N2O4S. The van der Waals surface area contributed by atoms with E-state index in [0.717, 1.165) is 16.7 Å². The molecule has 7 heteroatoms. The predicted molar refractivity (Wildman–Crippen MR) is 108 cm³/mol. The van der Waals surface area contributed by atoms with Crippen LogP contribution in [0.3, 0.4) is 0 Å². The molecule has 0 saturated heterocycles. The number of benzene rings is 2. The van der Waals surface area contributed by atoms with Gasteiger partial charge >= 0.3 is 0 Å². The lowest BCUT2D eigenvalue weighted by atomic mass is 9.95. The molecule has 0 aromatic heterocycles. The number of ether oxygens (including phenoxy) is 1. The molecule has 0 aliphatic carbocycles. The van der Waals surface area contributed by atoms with Crippen LogP contribution in [0, 0.1) is 34.6 Å². The van der Waals surface area contributed by atoms with Crippen molar-refractivity contribution in [2.24, 2.45) is 0 Å². The minimum Gasteiger partial charge on any atom is -0.497 e. The Bertz CT molecular complexity index is 982. The van der Waals surface area contributed by atoms with Gasteiger partial charge in [-0.05, 0) is 74.6 Å². The molecule has 0 aliphatic heterocycles. The summed E-state index contributed by atoms with van der Waals surface area (Å²) in [6, 6.07) is 4.80. The van der Waals surface area contributed by atoms with Gasteiger partial charge in [0.2, 0.25) is 5.91 Å². The molecule has 0 radical (unpaired) electrons. The predicted octanol–water partition coefficient (Wildman–Crippen LogP) is 4.00. The summed E-state index contributed by atoms with van der Waals surface area (Å²) in [6.07, 6.45) is 0. The number of nitrogens with one attached hydrogen (secondary N) is 2. The summed E-state index contributed by atoms with van der Waals surface area (Å²) in [5.74, 6) is 0.182. The highest BCUT2D eigenvalue weighted by Gasteiger charge is 2.25. The summed E-state index contributed by atoms with van der Waals surface area (Å²) in [4.78, 5) is 11.7. The van der Waals surface area contributed by atoms with Crippen molar-refractivity contribution in [3.8, 4) is 5.75 Å². The van der Waals surface area contributed by atoms with Crippen molar-refractivity contribution in [3.63, 3.8) is 0 Å². The molecule has 0 atom stereocenters. The fourth-order valence-corrected chi connectivity index (χ4v) is 4.77. The standard InChI is InChI=1S/C20H26N2O4S/c1-11-12(2)14(4)20(15(5)13(11)3)27(24,25)22-19-10-17(26-7)8-9-18(19)21-16(6)23/h8-10,22H,1-7H3,(H,21,23). The molecule has 2 aromatic carbocycles. The zero-order chi connectivity index (χ0) is 20.5. The van der Waals surface area contributed by atoms with E-state index in [9.17, 15) is 13.2 Å². The fraction of sp³-hybridized carbons (Fsp3) is 0.350. The second kappa shape index (κ2) is 7.60. The number of carbonyl (C=O) groups excluding carboxylic acids is 1. The Labute approximate surface area is 161 Å². The van der Waals surface area contributed by atoms with Crippen molar-refractivity contribution < 1.29 is 17.9 Å². The van der Waals surface area contributed by atoms with Gasteiger partial charge in [-0.15, -0.1) is 0 Å². The molecule has 146 valence electrons. The zero-order valence-corrected chi connectivity index (χ0v) is 17.6. The average Bonchev–Trinajstić information content (AvgIpc) is 2.59. The van der Waals surface area contributed by atoms with Crippen molar-refractivity contribution in [2.45, 2.75) is 46.4 Å². The van der Waals surface area contributed by atoms with Crippen LogP contribution in [-0.2, 0) is 14.8 Å². The largest absolute Gasteiger partial charge is 0.497 e. The van der Waals surface area contributed by atoms with Crippen LogP contribution in [0.4, 0.5) is 11.4 Å². The van der Waals surface area contributed by atoms with Gasteiger partial charge in [0.05, 0.1) is 23.4 Å². The van der Waals surface area contributed by atoms with Crippen molar-refractivity contribution in [3.05, 3.63) is 46.0 Å². The van der Waals surface area contributed by atoms with Crippen molar-refractivity contribution >= 4 is 27.3 Å². The molecule has 0 unspecified atom stereocenters. The van der Waals surface area contributed by atoms with Crippen LogP contribution >= 0.6 is 0 Å². The van der Waals surface area contributed by atoms with Crippen LogP contribution in [0.5, 0.6) is 5.75 Å². The topological polar surface area (TPSA) is 84.5 Å². The first-order chi connectivity index (χ1) is 12.5. The molecule has 2 aromatic rings. The van der Waals surface area contributed by atoms with Gasteiger partial charge in [-0.25, -0.2) is 8.42 Å². The molecule has 0 heterocycles. The van der Waals surface area contributed by atoms with E-state index < -0.39 is 10.0 Å². The Kier molecular flexibility index (Phi) is 5.85. The summed E-state index contributed by atoms with van der Waals surface area (Å²) in [6.45, 7) is 10.8. The smallest absolute Gasteiger partial charge is 0.262 e. The monoisotopic (exact) mass is 390 g/mol. The van der Waals surface area contributed by atoms with Crippen molar-refractivity contribution in [1.82, 2.24) is 0 Å². The number of anilines is 2. The minimum atomic E-state index is -3.88. The van der Waals surface area contributed by atoms with Crippen LogP contribution in [-0.4, -0.2) is 21.4 Å². The molecule has 2 N–H and O–H groups in total. The van der Waals surface area contributed by atoms with E-state index in [0.29, 0.717) is 22.6 Å². The Morgan fingerprint density at radius 2 is 1.41 bits per heavy atom. The maximum atomic E-state index is 13.2. The molecule has 0 fully saturated rings. The van der Waals surface area contributed by atoms with E-state index in [1.54, 1.807) is 18.2 Å². The van der Waals surface area contributed by atoms with Crippen molar-refractivity contribution in [2.75, 3.05) is 17.1 Å². The third kappa shape index (κ3) is 4.08. The lowest BCUT2D eigenvalue weighted by molar-refractivity contribution is -0.114. The van der Waals surface area contributed by atoms with Gasteiger partial charge in [0, 0.05) is 13.0 Å². The Balaban J connectivity index is 2.63. The van der Waals surface area contributed by atoms with Crippen LogP contribution < -0.4 is 14.8 Å². The highest BCUT2D eigenvalue weighted by molar-refractivity contribution is 7.92. The van der Waals surface area contributed by atoms with Crippen LogP contribution in [0.25, 0.3) is 0 Å². The van der Waals surface area contributed by atoms with Gasteiger partial charge < -0.3 is 10.1 Å². The van der Waals surface area contributed by atoms with Crippen LogP contribution in [0.2, 0.25) is 0 Å². The molecule has 0 bridgehead atoms. The first kappa shape index (κ1) is 20.8. The number of sulfonamides is 1. The molecule has 6 nitrogen and oxygen atoms in total. The minimum absolute atomic E-state index is 0.249. The van der Waals surface area contributed by atoms with E-state index in [1.807, 2.05) is 34.6 Å². The number of hydrogen-bond donors (Lipinski definition) is 2. The number of methoxy groups -OCH3 is 1. The van der Waals surface area contributed by atoms with Gasteiger partial charge in [-0.1, -0.05) is 0 Å². The van der Waals surface area contributed by atoms with Crippen LogP contribution in [0.15, 0.2) is 23.1 Å². The number of hydrogen-bond acceptors (Lipinski definition) is 4. The Hall–Kier alpha value is -2.54. The van der Waals surface area contributed by atoms with Gasteiger partial charge in [-0.2, -0.15) is 0 Å². The molecule has 0 spiro atoms. The average molecular weight is 391 g/mol. The summed E-state index contributed by atoms with van der Waals surface area (Å²) < 4.78 is 34.3. The van der Waals surface area contributed by atoms with E-state index in [1.165, 1.54) is 14.0 Å². The second-order valence-corrected chi connectivity index (χ2v) is 8.27. The molecular weight excluding hydrogens is 364 g/mol. The molecule has 1 amide bonds. The van der Waals surface area contributed by atoms with Gasteiger partial charge in [0.15, 0.2) is 0 Å². The SMILES string of the molecule is COc1ccc(NC(C)=O)c(NS(=O)(=O)c2c(C)c(C)c(C)c(C)c2C)c1. The summed E-state index contributed by atoms with van der Waals surface area (Å²) in [5.41, 5.74) is 5.03. The van der Waals surface area contributed by atoms with Gasteiger partial charge in [-0.3, -0.25) is 9.52 Å². The third-order valence-corrected chi connectivity index (χ3v) is 6.62. The Morgan fingerprint density at radius 3 is 1.89 bits per heavy atom. The lowest BCUT2D eigenvalue weighted by Gasteiger charge is -2.20. The fourth-order valence-electron chi connectivity index (χ4n) is 3.10. The molecule has 2 rings (SSSR count). The zero-order valence-electron chi connectivity index (χ0n) is 16.8. The highest BCUT2D eigenvalue weighted by Crippen LogP contribution is 2.33. The van der Waals surface area contributed by atoms with E-state index in [2.05, 4.69) is 10.0 Å². The Morgan fingerprint density at radius 1 is 0.889 bits per heavy atom. The summed E-state index contributed by atoms with van der Waals surface area (Å²) in [5, 5.41) is 2.64. The normalized spacial score (nSPS) is 11.2. The first-order valence-electron chi connectivity index (χ1n) is 8.55. The number of amides is 1. The first-order valence-corrected chi connectivity index (χ1v) is 10.0. The number of rotatable bonds is 5. The molecule has 0 saturated carbocycles. The van der Waals surface area contributed by atoms with E-state index >= 15 is 0 Å². The maximum absolute atomic E-state index is 13.2. The summed E-state index contributed by atoms with van der Waals surface area (Å²) >= 11 is 0. The number of carbonyl (C=O) groups is 1. The maximum Gasteiger partial charge on any atom is 0.262 e. The van der Waals surface area contributed by atoms with Gasteiger partial charge in [0.1, 0.15) is 5.75 Å². The second-order valence-electron chi connectivity index (χ2n) is 6.65. The molecule has 27 heavy (non-hydrogen) atoms.